The van der Waals surface area contributed by atoms with Gasteiger partial charge in [-0.3, -0.25) is 0 Å². The first-order valence-electron chi connectivity index (χ1n) is 8.00. The van der Waals surface area contributed by atoms with E-state index in [2.05, 4.69) is 11.8 Å². The predicted octanol–water partition coefficient (Wildman–Crippen LogP) is 2.31. The highest BCUT2D eigenvalue weighted by Gasteiger charge is 2.18. The molecule has 0 aromatic heterocycles. The van der Waals surface area contributed by atoms with E-state index in [4.69, 9.17) is 9.47 Å². The molecule has 4 nitrogen and oxygen atoms in total. The molecule has 1 N–H and O–H groups in total. The monoisotopic (exact) mass is 311 g/mol. The van der Waals surface area contributed by atoms with Crippen molar-refractivity contribution >= 4 is 0 Å². The van der Waals surface area contributed by atoms with Crippen LogP contribution in [0.25, 0.3) is 0 Å². The summed E-state index contributed by atoms with van der Waals surface area (Å²) in [6.07, 6.45) is 1.96. The normalized spacial score (nSPS) is 18.3. The Balaban J connectivity index is 1.51. The van der Waals surface area contributed by atoms with Gasteiger partial charge in [0.1, 0.15) is 18.2 Å². The van der Waals surface area contributed by atoms with Gasteiger partial charge >= 0.3 is 0 Å². The Kier molecular flexibility index (Phi) is 7.09. The van der Waals surface area contributed by atoms with Crippen LogP contribution in [0, 0.1) is 11.7 Å². The lowest BCUT2D eigenvalue weighted by Crippen LogP contribution is -2.40. The van der Waals surface area contributed by atoms with E-state index in [1.807, 2.05) is 0 Å². The van der Waals surface area contributed by atoms with Gasteiger partial charge in [-0.05, 0) is 56.1 Å². The van der Waals surface area contributed by atoms with Crippen LogP contribution in [0.4, 0.5) is 4.39 Å². The van der Waals surface area contributed by atoms with Crippen molar-refractivity contribution in [1.29, 1.82) is 0 Å². The lowest BCUT2D eigenvalue weighted by Gasteiger charge is -2.31. The van der Waals surface area contributed by atoms with Crippen molar-refractivity contribution in [3.63, 3.8) is 0 Å². The highest BCUT2D eigenvalue weighted by Crippen LogP contribution is 2.16. The summed E-state index contributed by atoms with van der Waals surface area (Å²) in [5, 5.41) is 9.97. The van der Waals surface area contributed by atoms with E-state index < -0.39 is 6.10 Å². The predicted molar refractivity (Wildman–Crippen MR) is 83.6 cm³/mol. The number of hydrogen-bond acceptors (Lipinski definition) is 4. The summed E-state index contributed by atoms with van der Waals surface area (Å²) in [5.41, 5.74) is 0. The molecule has 2 rings (SSSR count). The highest BCUT2D eigenvalue weighted by molar-refractivity contribution is 5.21. The molecule has 5 heteroatoms. The Morgan fingerprint density at radius 3 is 2.59 bits per heavy atom. The van der Waals surface area contributed by atoms with Gasteiger partial charge in [-0.15, -0.1) is 0 Å². The van der Waals surface area contributed by atoms with Crippen molar-refractivity contribution < 1.29 is 19.0 Å². The van der Waals surface area contributed by atoms with Gasteiger partial charge in [0.05, 0.1) is 19.3 Å². The molecule has 22 heavy (non-hydrogen) atoms. The molecular weight excluding hydrogens is 285 g/mol. The number of aliphatic hydroxyl groups excluding tert-OH is 1. The lowest BCUT2D eigenvalue weighted by molar-refractivity contribution is 0.00333. The molecule has 1 atom stereocenters. The van der Waals surface area contributed by atoms with Crippen molar-refractivity contribution in [2.45, 2.75) is 25.9 Å². The summed E-state index contributed by atoms with van der Waals surface area (Å²) in [5.74, 6) is 1.14. The fourth-order valence-electron chi connectivity index (χ4n) is 2.56. The first-order chi connectivity index (χ1) is 10.6. The van der Waals surface area contributed by atoms with Crippen LogP contribution in [0.5, 0.6) is 5.75 Å². The molecule has 1 aliphatic heterocycles. The molecule has 0 unspecified atom stereocenters. The highest BCUT2D eigenvalue weighted by atomic mass is 19.1. The van der Waals surface area contributed by atoms with Crippen LogP contribution in [-0.2, 0) is 4.74 Å². The summed E-state index contributed by atoms with van der Waals surface area (Å²) < 4.78 is 23.6. The Morgan fingerprint density at radius 1 is 1.23 bits per heavy atom. The molecular formula is C17H26FNO3. The fraction of sp³-hybridized carbons (Fsp3) is 0.647. The van der Waals surface area contributed by atoms with E-state index in [-0.39, 0.29) is 5.82 Å². The molecule has 0 bridgehead atoms. The number of rotatable bonds is 8. The fourth-order valence-corrected chi connectivity index (χ4v) is 2.56. The summed E-state index contributed by atoms with van der Waals surface area (Å²) in [7, 11) is 0. The maximum Gasteiger partial charge on any atom is 0.123 e. The Labute approximate surface area is 131 Å². The van der Waals surface area contributed by atoms with E-state index in [0.717, 1.165) is 19.0 Å². The third-order valence-electron chi connectivity index (χ3n) is 3.97. The van der Waals surface area contributed by atoms with Crippen LogP contribution in [0.3, 0.4) is 0 Å². The molecule has 1 aromatic rings. The quantitative estimate of drug-likeness (QED) is 0.748. The zero-order valence-corrected chi connectivity index (χ0v) is 13.2. The van der Waals surface area contributed by atoms with Gasteiger partial charge in [0.25, 0.3) is 0 Å². The second-order valence-corrected chi connectivity index (χ2v) is 6.01. The third-order valence-corrected chi connectivity index (χ3v) is 3.97. The standard InChI is InChI=1S/C17H26FNO3/c1-14-6-8-19(9-7-14)12-16(20)13-21-10-11-22-17-4-2-15(18)3-5-17/h2-5,14,16,20H,6-13H2,1H3/t16-/m0/s1. The van der Waals surface area contributed by atoms with E-state index >= 15 is 0 Å². The van der Waals surface area contributed by atoms with E-state index in [0.29, 0.717) is 32.1 Å². The van der Waals surface area contributed by atoms with Crippen LogP contribution in [-0.4, -0.2) is 55.6 Å². The number of piperidine rings is 1. The van der Waals surface area contributed by atoms with Gasteiger partial charge in [-0.1, -0.05) is 6.92 Å². The smallest absolute Gasteiger partial charge is 0.123 e. The van der Waals surface area contributed by atoms with Gasteiger partial charge < -0.3 is 19.5 Å². The van der Waals surface area contributed by atoms with Crippen molar-refractivity contribution in [3.8, 4) is 5.75 Å². The van der Waals surface area contributed by atoms with Gasteiger partial charge in [0, 0.05) is 6.54 Å². The van der Waals surface area contributed by atoms with Crippen LogP contribution < -0.4 is 4.74 Å². The molecule has 0 radical (unpaired) electrons. The number of β-amino-alcohol motifs (C(OH)–C–C–N with tert-alkyl or cyclic N) is 1. The largest absolute Gasteiger partial charge is 0.491 e. The SMILES string of the molecule is CC1CCN(C[C@H](O)COCCOc2ccc(F)cc2)CC1. The minimum Gasteiger partial charge on any atom is -0.491 e. The summed E-state index contributed by atoms with van der Waals surface area (Å²) in [6, 6.07) is 5.89. The van der Waals surface area contributed by atoms with Crippen molar-refractivity contribution in [3.05, 3.63) is 30.1 Å². The Bertz CT molecular complexity index is 418. The summed E-state index contributed by atoms with van der Waals surface area (Å²) >= 11 is 0. The molecule has 1 aliphatic rings. The molecule has 1 aromatic carbocycles. The van der Waals surface area contributed by atoms with E-state index in [1.165, 1.54) is 25.0 Å². The first kappa shape index (κ1) is 17.2. The summed E-state index contributed by atoms with van der Waals surface area (Å²) in [6.45, 7) is 6.19. The average molecular weight is 311 g/mol. The molecule has 1 saturated heterocycles. The van der Waals surface area contributed by atoms with Crippen LogP contribution in [0.2, 0.25) is 0 Å². The third kappa shape index (κ3) is 6.30. The molecule has 0 saturated carbocycles. The number of hydrogen-bond donors (Lipinski definition) is 1. The van der Waals surface area contributed by atoms with E-state index in [9.17, 15) is 9.50 Å². The number of halogens is 1. The van der Waals surface area contributed by atoms with Crippen molar-refractivity contribution in [2.24, 2.45) is 5.92 Å². The topological polar surface area (TPSA) is 41.9 Å². The summed E-state index contributed by atoms with van der Waals surface area (Å²) in [4.78, 5) is 2.29. The number of nitrogens with zero attached hydrogens (tertiary/aromatic N) is 1. The molecule has 0 spiro atoms. The Hall–Kier alpha value is -1.17. The molecule has 0 amide bonds. The second-order valence-electron chi connectivity index (χ2n) is 6.01. The average Bonchev–Trinajstić information content (AvgIpc) is 2.51. The minimum atomic E-state index is -0.459. The maximum absolute atomic E-state index is 12.7. The molecule has 124 valence electrons. The zero-order valence-electron chi connectivity index (χ0n) is 13.2. The number of benzene rings is 1. The van der Waals surface area contributed by atoms with Gasteiger partial charge in [-0.25, -0.2) is 4.39 Å². The first-order valence-corrected chi connectivity index (χ1v) is 8.00. The lowest BCUT2D eigenvalue weighted by atomic mass is 9.99. The number of likely N-dealkylation sites (tertiary alicyclic amines) is 1. The maximum atomic E-state index is 12.7. The number of aliphatic hydroxyl groups is 1. The Morgan fingerprint density at radius 2 is 1.91 bits per heavy atom. The van der Waals surface area contributed by atoms with Gasteiger partial charge in [0.15, 0.2) is 0 Å². The van der Waals surface area contributed by atoms with Gasteiger partial charge in [-0.2, -0.15) is 0 Å². The van der Waals surface area contributed by atoms with Crippen molar-refractivity contribution in [1.82, 2.24) is 4.90 Å². The zero-order chi connectivity index (χ0) is 15.8. The molecule has 0 aliphatic carbocycles. The molecule has 1 fully saturated rings. The van der Waals surface area contributed by atoms with Crippen LogP contribution in [0.1, 0.15) is 19.8 Å². The van der Waals surface area contributed by atoms with E-state index in [1.54, 1.807) is 12.1 Å². The van der Waals surface area contributed by atoms with Crippen molar-refractivity contribution in [2.75, 3.05) is 39.5 Å². The minimum absolute atomic E-state index is 0.279. The molecule has 1 heterocycles. The van der Waals surface area contributed by atoms with Crippen LogP contribution in [0.15, 0.2) is 24.3 Å². The number of ether oxygens (including phenoxy) is 2. The van der Waals surface area contributed by atoms with Crippen LogP contribution >= 0.6 is 0 Å². The van der Waals surface area contributed by atoms with Gasteiger partial charge in [0.2, 0.25) is 0 Å². The second kappa shape index (κ2) is 9.08.